The highest BCUT2D eigenvalue weighted by Gasteiger charge is 2.37. The zero-order valence-electron chi connectivity index (χ0n) is 4.95. The summed E-state index contributed by atoms with van der Waals surface area (Å²) in [5.74, 6) is 0. The largest absolute Gasteiger partial charge is 0.424 e. The molecule has 0 aliphatic carbocycles. The minimum Gasteiger partial charge on any atom is -0.170 e. The van der Waals surface area contributed by atoms with Gasteiger partial charge in [0.1, 0.15) is 0 Å². The molecular formula is BrF5N3P3. The van der Waals surface area contributed by atoms with Crippen LogP contribution in [0, 0.1) is 0 Å². The van der Waals surface area contributed by atoms with E-state index in [4.69, 9.17) is 0 Å². The molecule has 0 radical (unpaired) electrons. The van der Waals surface area contributed by atoms with Crippen LogP contribution in [0.5, 0.6) is 0 Å². The van der Waals surface area contributed by atoms with Gasteiger partial charge in [0.15, 0.2) is 0 Å². The van der Waals surface area contributed by atoms with E-state index < -0.39 is 21.9 Å². The third kappa shape index (κ3) is 2.95. The summed E-state index contributed by atoms with van der Waals surface area (Å²) in [5.41, 5.74) is 0. The van der Waals surface area contributed by atoms with Crippen molar-refractivity contribution in [3.05, 3.63) is 0 Å². The predicted octanol–water partition coefficient (Wildman–Crippen LogP) is 6.08. The molecule has 1 unspecified atom stereocenters. The molecule has 1 aliphatic rings. The van der Waals surface area contributed by atoms with Crippen molar-refractivity contribution in [2.24, 2.45) is 13.5 Å². The molecule has 0 saturated heterocycles. The van der Waals surface area contributed by atoms with E-state index in [-0.39, 0.29) is 0 Å². The second-order valence-corrected chi connectivity index (χ2v) is 9.22. The Morgan fingerprint density at radius 3 is 1.50 bits per heavy atom. The average molecular weight is 310 g/mol. The summed E-state index contributed by atoms with van der Waals surface area (Å²) in [4.78, 5) is 0. The maximum Gasteiger partial charge on any atom is 0.424 e. The highest BCUT2D eigenvalue weighted by Crippen LogP contribution is 2.83. The van der Waals surface area contributed by atoms with Crippen LogP contribution >= 0.6 is 37.4 Å². The fourth-order valence-electron chi connectivity index (χ4n) is 0.442. The van der Waals surface area contributed by atoms with E-state index in [1.165, 1.54) is 0 Å². The smallest absolute Gasteiger partial charge is 0.170 e. The van der Waals surface area contributed by atoms with Crippen LogP contribution in [-0.2, 0) is 0 Å². The molecule has 0 aromatic carbocycles. The Morgan fingerprint density at radius 1 is 0.750 bits per heavy atom. The second kappa shape index (κ2) is 2.91. The van der Waals surface area contributed by atoms with Gasteiger partial charge >= 0.3 is 21.9 Å². The van der Waals surface area contributed by atoms with E-state index in [1.54, 1.807) is 0 Å². The Morgan fingerprint density at radius 2 is 1.17 bits per heavy atom. The fourth-order valence-corrected chi connectivity index (χ4v) is 8.02. The van der Waals surface area contributed by atoms with Crippen LogP contribution in [0.4, 0.5) is 21.0 Å². The molecule has 12 heavy (non-hydrogen) atoms. The SMILES string of the molecule is FP1(F)=NP(F)(F)=NP(F)(Br)=N1. The third-order valence-electron chi connectivity index (χ3n) is 0.646. The average Bonchev–Trinajstić information content (AvgIpc) is 1.44. The van der Waals surface area contributed by atoms with Gasteiger partial charge in [-0.05, 0) is 0 Å². The summed E-state index contributed by atoms with van der Waals surface area (Å²) in [5, 5.41) is 0. The van der Waals surface area contributed by atoms with E-state index >= 15 is 0 Å². The Kier molecular flexibility index (Phi) is 2.64. The standard InChI is InChI=1S/BrF5N3P3/c1-10(2)7-11(3,4)9-12(5,6)8-10. The van der Waals surface area contributed by atoms with Crippen LogP contribution in [-0.4, -0.2) is 0 Å². The molecule has 0 N–H and O–H groups in total. The summed E-state index contributed by atoms with van der Waals surface area (Å²) in [6.45, 7) is 0. The number of hydrogen-bond donors (Lipinski definition) is 0. The van der Waals surface area contributed by atoms with Gasteiger partial charge in [0, 0.05) is 15.5 Å². The van der Waals surface area contributed by atoms with Crippen molar-refractivity contribution in [2.75, 3.05) is 0 Å². The zero-order chi connectivity index (χ0) is 9.62. The summed E-state index contributed by atoms with van der Waals surface area (Å²) in [7, 11) is -11.0. The molecule has 0 spiro atoms. The van der Waals surface area contributed by atoms with E-state index in [2.05, 4.69) is 9.03 Å². The van der Waals surface area contributed by atoms with Crippen molar-refractivity contribution < 1.29 is 21.0 Å². The maximum atomic E-state index is 12.6. The first-order valence-corrected chi connectivity index (χ1v) is 8.77. The second-order valence-electron chi connectivity index (χ2n) is 1.64. The first-order valence-electron chi connectivity index (χ1n) is 2.21. The highest BCUT2D eigenvalue weighted by atomic mass is 79.9. The minimum absolute atomic E-state index is 1.82. The van der Waals surface area contributed by atoms with Gasteiger partial charge in [-0.15, -0.1) is 30.3 Å². The van der Waals surface area contributed by atoms with Crippen LogP contribution in [0.25, 0.3) is 0 Å². The van der Waals surface area contributed by atoms with Crippen molar-refractivity contribution in [1.82, 2.24) is 0 Å². The Bertz CT molecular complexity index is 279. The van der Waals surface area contributed by atoms with E-state index in [9.17, 15) is 21.0 Å². The number of hydrogen-bond acceptors (Lipinski definition) is 3. The summed E-state index contributed by atoms with van der Waals surface area (Å²) in [6.07, 6.45) is -4.51. The molecule has 0 aromatic heterocycles. The zero-order valence-corrected chi connectivity index (χ0v) is 9.22. The molecule has 0 amide bonds. The van der Waals surface area contributed by atoms with E-state index in [0.29, 0.717) is 0 Å². The van der Waals surface area contributed by atoms with Crippen molar-refractivity contribution in [3.8, 4) is 0 Å². The van der Waals surface area contributed by atoms with Crippen LogP contribution in [0.2, 0.25) is 0 Å². The molecule has 1 rings (SSSR count). The number of halogens is 6. The number of rotatable bonds is 0. The van der Waals surface area contributed by atoms with Gasteiger partial charge in [-0.2, -0.15) is 4.20 Å². The summed E-state index contributed by atoms with van der Waals surface area (Å²) < 4.78 is 67.7. The van der Waals surface area contributed by atoms with Crippen molar-refractivity contribution in [1.29, 1.82) is 0 Å². The van der Waals surface area contributed by atoms with Crippen LogP contribution in [0.3, 0.4) is 0 Å². The maximum absolute atomic E-state index is 12.6. The first kappa shape index (κ1) is 10.9. The van der Waals surface area contributed by atoms with E-state index in [0.717, 1.165) is 0 Å². The molecule has 0 saturated carbocycles. The fraction of sp³-hybridized carbons (Fsp3) is 0. The number of nitrogens with zero attached hydrogens (tertiary/aromatic N) is 3. The molecule has 12 heteroatoms. The molecular weight excluding hydrogens is 310 g/mol. The lowest BCUT2D eigenvalue weighted by atomic mass is 13.8. The summed E-state index contributed by atoms with van der Waals surface area (Å²) >= 11 is 1.99. The van der Waals surface area contributed by atoms with Gasteiger partial charge in [-0.3, -0.25) is 0 Å². The topological polar surface area (TPSA) is 37.1 Å². The molecule has 1 heterocycles. The molecule has 3 nitrogen and oxygen atoms in total. The first-order chi connectivity index (χ1) is 5.12. The Balaban J connectivity index is 3.46. The Labute approximate surface area is 72.4 Å². The molecule has 1 atom stereocenters. The molecule has 72 valence electrons. The molecule has 1 aliphatic heterocycles. The van der Waals surface area contributed by atoms with Crippen LogP contribution < -0.4 is 0 Å². The van der Waals surface area contributed by atoms with Gasteiger partial charge in [0.05, 0.1) is 0 Å². The summed E-state index contributed by atoms with van der Waals surface area (Å²) in [6, 6.07) is 0. The lowest BCUT2D eigenvalue weighted by Gasteiger charge is -2.10. The third-order valence-corrected chi connectivity index (χ3v) is 8.36. The van der Waals surface area contributed by atoms with Crippen molar-refractivity contribution >= 4 is 37.4 Å². The highest BCUT2D eigenvalue weighted by molar-refractivity contribution is 9.40. The van der Waals surface area contributed by atoms with Crippen molar-refractivity contribution in [3.63, 3.8) is 0 Å². The lowest BCUT2D eigenvalue weighted by Crippen LogP contribution is -1.66. The molecule has 0 bridgehead atoms. The monoisotopic (exact) mass is 309 g/mol. The van der Waals surface area contributed by atoms with Gasteiger partial charge in [-0.25, -0.2) is 0 Å². The van der Waals surface area contributed by atoms with Crippen molar-refractivity contribution in [2.45, 2.75) is 0 Å². The lowest BCUT2D eigenvalue weighted by molar-refractivity contribution is 0.698. The minimum atomic E-state index is -5.50. The van der Waals surface area contributed by atoms with Gasteiger partial charge in [0.2, 0.25) is 0 Å². The van der Waals surface area contributed by atoms with Gasteiger partial charge in [-0.1, -0.05) is 0 Å². The van der Waals surface area contributed by atoms with Crippen LogP contribution in [0.1, 0.15) is 0 Å². The van der Waals surface area contributed by atoms with Gasteiger partial charge in [0.25, 0.3) is 0 Å². The quantitative estimate of drug-likeness (QED) is 0.384. The molecule has 0 fully saturated rings. The molecule has 0 aromatic rings. The predicted molar refractivity (Wildman–Crippen MR) is 42.5 cm³/mol. The van der Waals surface area contributed by atoms with Crippen LogP contribution in [0.15, 0.2) is 13.5 Å². The normalized spacial score (nSPS) is 37.5. The van der Waals surface area contributed by atoms with E-state index in [1.807, 2.05) is 20.0 Å². The van der Waals surface area contributed by atoms with Gasteiger partial charge < -0.3 is 0 Å². The Hall–Kier alpha value is 0.820.